The first-order valence-corrected chi connectivity index (χ1v) is 12.4. The van der Waals surface area contributed by atoms with Gasteiger partial charge in [-0.15, -0.1) is 5.10 Å². The van der Waals surface area contributed by atoms with Gasteiger partial charge in [0, 0.05) is 11.6 Å². The molecule has 0 bridgehead atoms. The quantitative estimate of drug-likeness (QED) is 0.497. The number of benzene rings is 2. The molecular weight excluding hydrogens is 442 g/mol. The fraction of sp³-hybridized carbons (Fsp3) is 0.481. The van der Waals surface area contributed by atoms with Gasteiger partial charge in [0.05, 0.1) is 12.6 Å². The van der Waals surface area contributed by atoms with Crippen molar-refractivity contribution in [2.45, 2.75) is 77.0 Å². The zero-order valence-corrected chi connectivity index (χ0v) is 21.0. The van der Waals surface area contributed by atoms with Crippen LogP contribution in [0.5, 0.6) is 5.75 Å². The Labute approximate surface area is 206 Å². The second-order valence-corrected chi connectivity index (χ2v) is 9.88. The van der Waals surface area contributed by atoms with Crippen LogP contribution in [0.25, 0.3) is 11.0 Å². The van der Waals surface area contributed by atoms with Crippen LogP contribution in [-0.4, -0.2) is 50.4 Å². The number of aromatic nitrogens is 3. The van der Waals surface area contributed by atoms with E-state index in [2.05, 4.69) is 15.6 Å². The monoisotopic (exact) mass is 477 g/mol. The summed E-state index contributed by atoms with van der Waals surface area (Å²) in [6, 6.07) is 14.2. The number of amides is 2. The molecular formula is C27H35N5O3. The maximum atomic E-state index is 14.0. The summed E-state index contributed by atoms with van der Waals surface area (Å²) in [6.45, 7) is 6.06. The summed E-state index contributed by atoms with van der Waals surface area (Å²) in [5.74, 6) is 0.387. The van der Waals surface area contributed by atoms with Crippen molar-refractivity contribution in [1.29, 1.82) is 0 Å². The smallest absolute Gasteiger partial charge is 0.247 e. The summed E-state index contributed by atoms with van der Waals surface area (Å²) < 4.78 is 6.95. The molecule has 8 heteroatoms. The van der Waals surface area contributed by atoms with Crippen LogP contribution >= 0.6 is 0 Å². The minimum atomic E-state index is -0.753. The van der Waals surface area contributed by atoms with Gasteiger partial charge in [0.25, 0.3) is 0 Å². The van der Waals surface area contributed by atoms with Crippen LogP contribution in [0, 0.1) is 0 Å². The summed E-state index contributed by atoms with van der Waals surface area (Å²) in [5.41, 5.74) is 1.90. The number of fused-ring (bicyclic) bond motifs is 1. The van der Waals surface area contributed by atoms with E-state index in [0.29, 0.717) is 5.75 Å². The average Bonchev–Trinajstić information content (AvgIpc) is 3.53. The molecule has 1 saturated carbocycles. The molecule has 8 nitrogen and oxygen atoms in total. The molecule has 1 heterocycles. The van der Waals surface area contributed by atoms with Gasteiger partial charge < -0.3 is 15.0 Å². The molecule has 2 aromatic carbocycles. The van der Waals surface area contributed by atoms with Gasteiger partial charge >= 0.3 is 0 Å². The fourth-order valence-electron chi connectivity index (χ4n) is 4.70. The van der Waals surface area contributed by atoms with Crippen molar-refractivity contribution in [2.24, 2.45) is 0 Å². The van der Waals surface area contributed by atoms with E-state index in [-0.39, 0.29) is 24.4 Å². The highest BCUT2D eigenvalue weighted by Gasteiger charge is 2.39. The maximum absolute atomic E-state index is 14.0. The molecule has 0 spiro atoms. The van der Waals surface area contributed by atoms with Gasteiger partial charge in [0.2, 0.25) is 11.8 Å². The van der Waals surface area contributed by atoms with Crippen molar-refractivity contribution in [3.63, 3.8) is 0 Å². The van der Waals surface area contributed by atoms with E-state index in [0.717, 1.165) is 48.7 Å². The molecule has 35 heavy (non-hydrogen) atoms. The number of methoxy groups -OCH3 is 1. The topological polar surface area (TPSA) is 89.4 Å². The number of hydrogen-bond donors (Lipinski definition) is 1. The van der Waals surface area contributed by atoms with Crippen LogP contribution in [0.4, 0.5) is 0 Å². The van der Waals surface area contributed by atoms with Crippen molar-refractivity contribution in [3.05, 3.63) is 54.1 Å². The molecule has 4 rings (SSSR count). The van der Waals surface area contributed by atoms with Crippen LogP contribution in [0.2, 0.25) is 0 Å². The highest BCUT2D eigenvalue weighted by atomic mass is 16.5. The van der Waals surface area contributed by atoms with Crippen LogP contribution in [-0.2, 0) is 16.1 Å². The number of hydrogen-bond acceptors (Lipinski definition) is 5. The average molecular weight is 478 g/mol. The standard InChI is InChI=1S/C27H35N5O3/c1-5-27(2,3)28-26(34)25(19-14-16-21(35-4)17-15-19)32(20-10-6-7-11-20)24(33)18-31-23-13-9-8-12-22(23)29-30-31/h8-9,12-17,20,25H,5-7,10-11,18H2,1-4H3,(H,28,34)/t25-/m1/s1. The number of carbonyl (C=O) groups excluding carboxylic acids is 2. The lowest BCUT2D eigenvalue weighted by molar-refractivity contribution is -0.145. The Morgan fingerprint density at radius 2 is 1.83 bits per heavy atom. The van der Waals surface area contributed by atoms with E-state index in [1.54, 1.807) is 16.7 Å². The first kappa shape index (κ1) is 24.7. The predicted octanol–water partition coefficient (Wildman–Crippen LogP) is 4.26. The molecule has 1 aliphatic carbocycles. The molecule has 1 aromatic heterocycles. The molecule has 3 aromatic rings. The fourth-order valence-corrected chi connectivity index (χ4v) is 4.70. The summed E-state index contributed by atoms with van der Waals surface area (Å²) in [7, 11) is 1.61. The number of para-hydroxylation sites is 1. The van der Waals surface area contributed by atoms with Gasteiger partial charge in [0.15, 0.2) is 0 Å². The normalized spacial score (nSPS) is 15.2. The molecule has 0 radical (unpaired) electrons. The van der Waals surface area contributed by atoms with Crippen molar-refractivity contribution in [3.8, 4) is 5.75 Å². The number of rotatable bonds is 9. The molecule has 2 amide bonds. The Morgan fingerprint density at radius 3 is 2.49 bits per heavy atom. The van der Waals surface area contributed by atoms with Crippen LogP contribution in [0.1, 0.15) is 64.5 Å². The zero-order valence-electron chi connectivity index (χ0n) is 21.0. The summed E-state index contributed by atoms with van der Waals surface area (Å²) in [5, 5.41) is 11.6. The second-order valence-electron chi connectivity index (χ2n) is 9.88. The second kappa shape index (κ2) is 10.5. The van der Waals surface area contributed by atoms with Gasteiger partial charge in [-0.25, -0.2) is 4.68 Å². The Kier molecular flexibility index (Phi) is 7.38. The van der Waals surface area contributed by atoms with E-state index in [4.69, 9.17) is 4.74 Å². The van der Waals surface area contributed by atoms with Gasteiger partial charge in [-0.2, -0.15) is 0 Å². The van der Waals surface area contributed by atoms with Crippen molar-refractivity contribution >= 4 is 22.8 Å². The predicted molar refractivity (Wildman–Crippen MR) is 135 cm³/mol. The van der Waals surface area contributed by atoms with E-state index in [1.807, 2.05) is 69.3 Å². The maximum Gasteiger partial charge on any atom is 0.247 e. The van der Waals surface area contributed by atoms with E-state index < -0.39 is 11.6 Å². The van der Waals surface area contributed by atoms with Crippen molar-refractivity contribution < 1.29 is 14.3 Å². The molecule has 1 atom stereocenters. The van der Waals surface area contributed by atoms with E-state index >= 15 is 0 Å². The number of nitrogens with one attached hydrogen (secondary N) is 1. The molecule has 0 unspecified atom stereocenters. The summed E-state index contributed by atoms with van der Waals surface area (Å²) in [4.78, 5) is 29.6. The van der Waals surface area contributed by atoms with Gasteiger partial charge in [-0.05, 0) is 62.9 Å². The number of carbonyl (C=O) groups is 2. The highest BCUT2D eigenvalue weighted by molar-refractivity contribution is 5.90. The van der Waals surface area contributed by atoms with E-state index in [9.17, 15) is 9.59 Å². The van der Waals surface area contributed by atoms with Crippen LogP contribution in [0.3, 0.4) is 0 Å². The Balaban J connectivity index is 1.73. The molecule has 1 fully saturated rings. The summed E-state index contributed by atoms with van der Waals surface area (Å²) >= 11 is 0. The highest BCUT2D eigenvalue weighted by Crippen LogP contribution is 2.33. The SMILES string of the molecule is CCC(C)(C)NC(=O)[C@@H](c1ccc(OC)cc1)N(C(=O)Cn1nnc2ccccc21)C1CCCC1. The van der Waals surface area contributed by atoms with Crippen molar-refractivity contribution in [1.82, 2.24) is 25.2 Å². The lowest BCUT2D eigenvalue weighted by Gasteiger charge is -2.38. The number of nitrogens with zero attached hydrogens (tertiary/aromatic N) is 4. The molecule has 0 saturated heterocycles. The molecule has 1 aliphatic rings. The lowest BCUT2D eigenvalue weighted by Crippen LogP contribution is -2.53. The first-order chi connectivity index (χ1) is 16.8. The number of ether oxygens (including phenoxy) is 1. The third-order valence-electron chi connectivity index (χ3n) is 7.01. The third-order valence-corrected chi connectivity index (χ3v) is 7.01. The van der Waals surface area contributed by atoms with Crippen molar-refractivity contribution in [2.75, 3.05) is 7.11 Å². The first-order valence-electron chi connectivity index (χ1n) is 12.4. The van der Waals surface area contributed by atoms with Crippen LogP contribution in [0.15, 0.2) is 48.5 Å². The Hall–Kier alpha value is -3.42. The van der Waals surface area contributed by atoms with E-state index in [1.165, 1.54) is 0 Å². The lowest BCUT2D eigenvalue weighted by atomic mass is 9.97. The van der Waals surface area contributed by atoms with Gasteiger partial charge in [-0.1, -0.05) is 49.2 Å². The van der Waals surface area contributed by atoms with Gasteiger partial charge in [-0.3, -0.25) is 9.59 Å². The van der Waals surface area contributed by atoms with Crippen LogP contribution < -0.4 is 10.1 Å². The largest absolute Gasteiger partial charge is 0.497 e. The Bertz CT molecular complexity index is 1170. The molecule has 1 N–H and O–H groups in total. The zero-order chi connectivity index (χ0) is 25.0. The van der Waals surface area contributed by atoms with Gasteiger partial charge in [0.1, 0.15) is 23.9 Å². The summed E-state index contributed by atoms with van der Waals surface area (Å²) in [6.07, 6.45) is 4.61. The molecule has 0 aliphatic heterocycles. The Morgan fingerprint density at radius 1 is 1.14 bits per heavy atom. The minimum Gasteiger partial charge on any atom is -0.497 e. The minimum absolute atomic E-state index is 0.0140. The third kappa shape index (κ3) is 5.47. The molecule has 186 valence electrons.